The first kappa shape index (κ1) is 42.5. The van der Waals surface area contributed by atoms with Crippen molar-refractivity contribution in [3.63, 3.8) is 0 Å². The number of fused-ring (bicyclic) bond motifs is 20. The van der Waals surface area contributed by atoms with Gasteiger partial charge in [0.1, 0.15) is 0 Å². The summed E-state index contributed by atoms with van der Waals surface area (Å²) in [5.41, 5.74) is 37.4. The SMILES string of the molecule is CC(C)(C)c1cc(N)c2c(c1)-c1nc-2nc2[n-]c(nc3nc(nc4[n-]c(n1)c1cc(C(C)(C)C)cc(N)c41)-c1c(N)cc(C(C)(C)C)cc1-3)c1cc(C(C)(C)C)cc(N)c21.[O]=[V+2]. The number of aromatic nitrogens is 8. The Labute approximate surface area is 370 Å². The normalized spacial score (nSPS) is 12.9. The Morgan fingerprint density at radius 2 is 0.677 bits per heavy atom. The third kappa shape index (κ3) is 7.06. The van der Waals surface area contributed by atoms with Crippen LogP contribution < -0.4 is 32.9 Å². The molecule has 9 rings (SSSR count). The van der Waals surface area contributed by atoms with Crippen LogP contribution in [0.2, 0.25) is 0 Å². The number of anilines is 4. The molecule has 2 aliphatic rings. The molecule has 315 valence electrons. The summed E-state index contributed by atoms with van der Waals surface area (Å²) < 4.78 is 8.19. The van der Waals surface area contributed by atoms with E-state index in [1.165, 1.54) is 0 Å². The van der Waals surface area contributed by atoms with Gasteiger partial charge >= 0.3 is 21.0 Å². The molecule has 8 N–H and O–H groups in total. The van der Waals surface area contributed by atoms with Gasteiger partial charge in [0.05, 0.1) is 23.3 Å². The Morgan fingerprint density at radius 1 is 0.387 bits per heavy atom. The van der Waals surface area contributed by atoms with Crippen LogP contribution in [0.15, 0.2) is 48.5 Å². The van der Waals surface area contributed by atoms with Crippen molar-refractivity contribution in [3.8, 4) is 45.6 Å². The van der Waals surface area contributed by atoms with E-state index in [0.717, 1.165) is 61.5 Å². The molecule has 0 aliphatic carbocycles. The first-order valence-electron chi connectivity index (χ1n) is 20.5. The Hall–Kier alpha value is -6.18. The van der Waals surface area contributed by atoms with Crippen LogP contribution in [0.25, 0.3) is 89.7 Å². The van der Waals surface area contributed by atoms with E-state index < -0.39 is 0 Å². The fourth-order valence-corrected chi connectivity index (χ4v) is 8.03. The molecule has 13 nitrogen and oxygen atoms in total. The molecule has 0 fully saturated rings. The second-order valence-electron chi connectivity index (χ2n) is 20.4. The van der Waals surface area contributed by atoms with Crippen LogP contribution in [-0.4, -0.2) is 29.9 Å². The minimum absolute atomic E-state index is 0.223. The molecule has 7 aromatic rings. The summed E-state index contributed by atoms with van der Waals surface area (Å²) in [7, 11) is 0. The van der Waals surface area contributed by atoms with Gasteiger partial charge in [-0.05, 0) is 103 Å². The zero-order chi connectivity index (χ0) is 45.2. The van der Waals surface area contributed by atoms with E-state index in [2.05, 4.69) is 107 Å². The molecule has 5 heterocycles. The van der Waals surface area contributed by atoms with Crippen molar-refractivity contribution >= 4 is 66.9 Å². The predicted molar refractivity (Wildman–Crippen MR) is 247 cm³/mol. The molecule has 0 unspecified atom stereocenters. The molecule has 0 atom stereocenters. The third-order valence-electron chi connectivity index (χ3n) is 11.7. The van der Waals surface area contributed by atoms with E-state index in [0.29, 0.717) is 90.5 Å². The fourth-order valence-electron chi connectivity index (χ4n) is 8.03. The van der Waals surface area contributed by atoms with E-state index in [1.807, 2.05) is 24.3 Å². The number of nitrogen functional groups attached to an aromatic ring is 4. The van der Waals surface area contributed by atoms with Gasteiger partial charge in [0.2, 0.25) is 0 Å². The van der Waals surface area contributed by atoms with Crippen molar-refractivity contribution in [2.75, 3.05) is 22.9 Å². The van der Waals surface area contributed by atoms with E-state index in [4.69, 9.17) is 66.5 Å². The molecule has 0 radical (unpaired) electrons. The second-order valence-corrected chi connectivity index (χ2v) is 20.4. The first-order chi connectivity index (χ1) is 28.9. The molecular weight excluding hydrogens is 812 g/mol. The molecule has 0 saturated heterocycles. The van der Waals surface area contributed by atoms with Crippen molar-refractivity contribution in [2.24, 2.45) is 0 Å². The van der Waals surface area contributed by atoms with Crippen LogP contribution in [0.3, 0.4) is 0 Å². The summed E-state index contributed by atoms with van der Waals surface area (Å²) in [6.45, 7) is 25.8. The van der Waals surface area contributed by atoms with Crippen molar-refractivity contribution < 1.29 is 21.0 Å². The second kappa shape index (κ2) is 14.2. The molecule has 0 saturated carbocycles. The van der Waals surface area contributed by atoms with E-state index >= 15 is 0 Å². The van der Waals surface area contributed by atoms with Crippen molar-refractivity contribution in [1.82, 2.24) is 39.9 Å². The van der Waals surface area contributed by atoms with Crippen LogP contribution in [0.4, 0.5) is 22.7 Å². The Bertz CT molecular complexity index is 2990. The molecule has 0 amide bonds. The summed E-state index contributed by atoms with van der Waals surface area (Å²) in [6.07, 6.45) is 0. The topological polar surface area (TPSA) is 227 Å². The van der Waals surface area contributed by atoms with E-state index in [1.54, 1.807) is 0 Å². The van der Waals surface area contributed by atoms with Crippen molar-refractivity contribution in [1.29, 1.82) is 0 Å². The Morgan fingerprint density at radius 3 is 1.00 bits per heavy atom. The Kier molecular flexibility index (Phi) is 9.72. The quantitative estimate of drug-likeness (QED) is 0.104. The monoisotopic (exact) mass is 863 g/mol. The van der Waals surface area contributed by atoms with Crippen LogP contribution in [0.5, 0.6) is 0 Å². The van der Waals surface area contributed by atoms with Gasteiger partial charge in [-0.15, -0.1) is 0 Å². The average molecular weight is 864 g/mol. The maximum absolute atomic E-state index is 8.19. The molecule has 2 aliphatic heterocycles. The minimum atomic E-state index is -0.223. The number of rotatable bonds is 0. The van der Waals surface area contributed by atoms with Gasteiger partial charge in [-0.3, -0.25) is 0 Å². The van der Waals surface area contributed by atoms with Crippen LogP contribution in [0, 0.1) is 0 Å². The standard InChI is InChI=1S/C48H52N12.O.V/c1-45(2,3)21-13-25-33(29(49)17-21)41-55-37(25)53-38-26-14-22(46(4,5)6)18-30(50)34(26)43(56-38)60-44-36-28(16-24(20-32(36)52)48(10,11)12)40(58-44)54-39-27-15-23(47(7,8)9)19-31(51)35(27)42(57-39)59-41;;/h13-20H,49-52H2,1-12H3;;/q-2;;+2. The van der Waals surface area contributed by atoms with Crippen LogP contribution in [0.1, 0.15) is 105 Å². The van der Waals surface area contributed by atoms with E-state index in [9.17, 15) is 0 Å². The summed E-state index contributed by atoms with van der Waals surface area (Å²) in [5, 5.41) is 2.77. The van der Waals surface area contributed by atoms with Gasteiger partial charge in [0.15, 0.2) is 0 Å². The number of hydrogen-bond donors (Lipinski definition) is 4. The number of hydrogen-bond acceptors (Lipinski definition) is 11. The van der Waals surface area contributed by atoms with Gasteiger partial charge in [-0.1, -0.05) is 83.1 Å². The van der Waals surface area contributed by atoms with Crippen molar-refractivity contribution in [3.05, 3.63) is 70.8 Å². The summed E-state index contributed by atoms with van der Waals surface area (Å²) in [4.78, 5) is 41.2. The number of nitrogens with zero attached hydrogens (tertiary/aromatic N) is 8. The van der Waals surface area contributed by atoms with Gasteiger partial charge in [0.25, 0.3) is 0 Å². The van der Waals surface area contributed by atoms with E-state index in [-0.39, 0.29) is 21.7 Å². The van der Waals surface area contributed by atoms with Crippen LogP contribution in [-0.2, 0) is 42.7 Å². The molecule has 62 heavy (non-hydrogen) atoms. The van der Waals surface area contributed by atoms with Gasteiger partial charge in [0, 0.05) is 78.4 Å². The molecule has 14 heteroatoms. The number of nitrogens with two attached hydrogens (primary N) is 4. The molecule has 0 spiro atoms. The summed E-state index contributed by atoms with van der Waals surface area (Å²) in [5.74, 6) is 1.52. The number of benzene rings is 4. The van der Waals surface area contributed by atoms with Crippen molar-refractivity contribution in [2.45, 2.75) is 105 Å². The predicted octanol–water partition coefficient (Wildman–Crippen LogP) is 9.52. The molecule has 8 bridgehead atoms. The third-order valence-corrected chi connectivity index (χ3v) is 11.7. The summed E-state index contributed by atoms with van der Waals surface area (Å²) in [6, 6.07) is 16.3. The van der Waals surface area contributed by atoms with Gasteiger partial charge in [-0.25, -0.2) is 9.97 Å². The molecular formula is C48H52N12OV. The fraction of sp³-hybridized carbons (Fsp3) is 0.333. The van der Waals surface area contributed by atoms with Gasteiger partial charge in [-0.2, -0.15) is 0 Å². The zero-order valence-electron chi connectivity index (χ0n) is 37.4. The molecule has 4 aromatic carbocycles. The van der Waals surface area contributed by atoms with Gasteiger partial charge < -0.3 is 52.8 Å². The first-order valence-corrected chi connectivity index (χ1v) is 21.1. The summed E-state index contributed by atoms with van der Waals surface area (Å²) >= 11 is 1.06. The maximum atomic E-state index is 8.19. The Balaban J connectivity index is 0.00000261. The average Bonchev–Trinajstić information content (AvgIpc) is 3.90. The van der Waals surface area contributed by atoms with Crippen LogP contribution >= 0.6 is 0 Å². The molecule has 3 aromatic heterocycles. The zero-order valence-corrected chi connectivity index (χ0v) is 38.8.